The zero-order chi connectivity index (χ0) is 12.1. The Kier molecular flexibility index (Phi) is 5.10. The van der Waals surface area contributed by atoms with Crippen LogP contribution in [0.5, 0.6) is 5.75 Å². The standard InChI is InChI=1S/C13H20ClNO/c1-4-12(9(2)3)15-8-10-11(14)6-5-7-13(10)16/h5-7,9,12,15-16H,4,8H2,1-3H3. The summed E-state index contributed by atoms with van der Waals surface area (Å²) in [6.07, 6.45) is 1.07. The quantitative estimate of drug-likeness (QED) is 0.826. The van der Waals surface area contributed by atoms with Gasteiger partial charge in [-0.1, -0.05) is 38.4 Å². The van der Waals surface area contributed by atoms with E-state index in [2.05, 4.69) is 26.1 Å². The summed E-state index contributed by atoms with van der Waals surface area (Å²) >= 11 is 6.04. The average molecular weight is 242 g/mol. The van der Waals surface area contributed by atoms with Crippen LogP contribution < -0.4 is 5.32 Å². The lowest BCUT2D eigenvalue weighted by molar-refractivity contribution is 0.382. The van der Waals surface area contributed by atoms with Crippen molar-refractivity contribution in [2.75, 3.05) is 0 Å². The van der Waals surface area contributed by atoms with Crippen LogP contribution in [0.4, 0.5) is 0 Å². The van der Waals surface area contributed by atoms with Crippen LogP contribution in [0.1, 0.15) is 32.8 Å². The van der Waals surface area contributed by atoms with E-state index in [1.807, 2.05) is 0 Å². The minimum Gasteiger partial charge on any atom is -0.508 e. The molecule has 0 fully saturated rings. The molecule has 3 heteroatoms. The highest BCUT2D eigenvalue weighted by molar-refractivity contribution is 6.31. The van der Waals surface area contributed by atoms with Gasteiger partial charge in [-0.25, -0.2) is 0 Å². The summed E-state index contributed by atoms with van der Waals surface area (Å²) in [4.78, 5) is 0. The molecule has 0 bridgehead atoms. The van der Waals surface area contributed by atoms with Gasteiger partial charge in [0.05, 0.1) is 0 Å². The van der Waals surface area contributed by atoms with Crippen molar-refractivity contribution in [3.05, 3.63) is 28.8 Å². The van der Waals surface area contributed by atoms with Crippen molar-refractivity contribution in [2.24, 2.45) is 5.92 Å². The number of hydrogen-bond donors (Lipinski definition) is 2. The smallest absolute Gasteiger partial charge is 0.121 e. The molecule has 1 unspecified atom stereocenters. The first-order valence-corrected chi connectivity index (χ1v) is 6.13. The second-order valence-corrected chi connectivity index (χ2v) is 4.78. The van der Waals surface area contributed by atoms with Gasteiger partial charge in [0.2, 0.25) is 0 Å². The van der Waals surface area contributed by atoms with E-state index in [0.29, 0.717) is 23.5 Å². The van der Waals surface area contributed by atoms with Gasteiger partial charge in [0.1, 0.15) is 5.75 Å². The Morgan fingerprint density at radius 1 is 1.38 bits per heavy atom. The molecule has 0 spiro atoms. The third kappa shape index (κ3) is 3.39. The van der Waals surface area contributed by atoms with Crippen molar-refractivity contribution in [2.45, 2.75) is 39.8 Å². The van der Waals surface area contributed by atoms with E-state index in [4.69, 9.17) is 11.6 Å². The van der Waals surface area contributed by atoms with Gasteiger partial charge in [0.25, 0.3) is 0 Å². The molecule has 0 aliphatic carbocycles. The van der Waals surface area contributed by atoms with E-state index in [9.17, 15) is 5.11 Å². The molecule has 0 saturated carbocycles. The molecular formula is C13H20ClNO. The Balaban J connectivity index is 2.67. The predicted octanol–water partition coefficient (Wildman–Crippen LogP) is 3.57. The van der Waals surface area contributed by atoms with Crippen molar-refractivity contribution < 1.29 is 5.11 Å². The summed E-state index contributed by atoms with van der Waals surface area (Å²) in [6.45, 7) is 7.15. The van der Waals surface area contributed by atoms with E-state index in [1.165, 1.54) is 0 Å². The topological polar surface area (TPSA) is 32.3 Å². The van der Waals surface area contributed by atoms with Crippen molar-refractivity contribution in [3.63, 3.8) is 0 Å². The zero-order valence-corrected chi connectivity index (χ0v) is 10.9. The monoisotopic (exact) mass is 241 g/mol. The van der Waals surface area contributed by atoms with Crippen LogP contribution in [-0.4, -0.2) is 11.1 Å². The molecule has 0 heterocycles. The van der Waals surface area contributed by atoms with Crippen LogP contribution in [0.15, 0.2) is 18.2 Å². The van der Waals surface area contributed by atoms with Crippen LogP contribution in [0.2, 0.25) is 5.02 Å². The van der Waals surface area contributed by atoms with E-state index >= 15 is 0 Å². The average Bonchev–Trinajstić information content (AvgIpc) is 2.22. The number of phenolic OH excluding ortho intramolecular Hbond substituents is 1. The molecule has 0 aromatic heterocycles. The molecule has 2 N–H and O–H groups in total. The Morgan fingerprint density at radius 3 is 2.56 bits per heavy atom. The summed E-state index contributed by atoms with van der Waals surface area (Å²) in [7, 11) is 0. The van der Waals surface area contributed by atoms with Gasteiger partial charge in [0, 0.05) is 23.2 Å². The zero-order valence-electron chi connectivity index (χ0n) is 10.1. The first-order valence-electron chi connectivity index (χ1n) is 5.76. The van der Waals surface area contributed by atoms with Gasteiger partial charge in [0.15, 0.2) is 0 Å². The van der Waals surface area contributed by atoms with E-state index < -0.39 is 0 Å². The fourth-order valence-electron chi connectivity index (χ4n) is 1.81. The summed E-state index contributed by atoms with van der Waals surface area (Å²) in [5.74, 6) is 0.841. The highest BCUT2D eigenvalue weighted by atomic mass is 35.5. The molecular weight excluding hydrogens is 222 g/mol. The summed E-state index contributed by atoms with van der Waals surface area (Å²) in [6, 6.07) is 5.67. The van der Waals surface area contributed by atoms with Gasteiger partial charge in [-0.2, -0.15) is 0 Å². The number of nitrogens with one attached hydrogen (secondary N) is 1. The molecule has 0 aliphatic heterocycles. The Morgan fingerprint density at radius 2 is 2.06 bits per heavy atom. The van der Waals surface area contributed by atoms with Gasteiger partial charge in [-0.05, 0) is 24.5 Å². The summed E-state index contributed by atoms with van der Waals surface area (Å²) in [5, 5.41) is 13.7. The van der Waals surface area contributed by atoms with E-state index in [-0.39, 0.29) is 5.75 Å². The third-order valence-electron chi connectivity index (χ3n) is 2.88. The lowest BCUT2D eigenvalue weighted by Gasteiger charge is -2.21. The lowest BCUT2D eigenvalue weighted by Crippen LogP contribution is -2.32. The highest BCUT2D eigenvalue weighted by Gasteiger charge is 2.12. The second-order valence-electron chi connectivity index (χ2n) is 4.38. The molecule has 1 aromatic rings. The maximum absolute atomic E-state index is 9.69. The Hall–Kier alpha value is -0.730. The number of halogens is 1. The number of benzene rings is 1. The molecule has 0 amide bonds. The second kappa shape index (κ2) is 6.12. The van der Waals surface area contributed by atoms with Crippen molar-refractivity contribution >= 4 is 11.6 Å². The Bertz CT molecular complexity index is 318. The number of rotatable bonds is 5. The van der Waals surface area contributed by atoms with Gasteiger partial charge >= 0.3 is 0 Å². The highest BCUT2D eigenvalue weighted by Crippen LogP contribution is 2.25. The van der Waals surface area contributed by atoms with Crippen molar-refractivity contribution in [1.82, 2.24) is 5.32 Å². The van der Waals surface area contributed by atoms with Crippen LogP contribution in [-0.2, 0) is 6.54 Å². The molecule has 16 heavy (non-hydrogen) atoms. The minimum atomic E-state index is 0.263. The number of aromatic hydroxyl groups is 1. The predicted molar refractivity (Wildman–Crippen MR) is 68.9 cm³/mol. The molecule has 0 radical (unpaired) electrons. The molecule has 90 valence electrons. The Labute approximate surface area is 103 Å². The fraction of sp³-hybridized carbons (Fsp3) is 0.538. The lowest BCUT2D eigenvalue weighted by atomic mass is 10.0. The molecule has 2 nitrogen and oxygen atoms in total. The molecule has 1 rings (SSSR count). The van der Waals surface area contributed by atoms with Crippen LogP contribution >= 0.6 is 11.6 Å². The largest absolute Gasteiger partial charge is 0.508 e. The minimum absolute atomic E-state index is 0.263. The third-order valence-corrected chi connectivity index (χ3v) is 3.23. The summed E-state index contributed by atoms with van der Waals surface area (Å²) in [5.41, 5.74) is 0.781. The normalized spacial score (nSPS) is 13.1. The molecule has 1 aromatic carbocycles. The molecule has 0 aliphatic rings. The van der Waals surface area contributed by atoms with E-state index in [1.54, 1.807) is 18.2 Å². The van der Waals surface area contributed by atoms with Crippen LogP contribution in [0, 0.1) is 5.92 Å². The summed E-state index contributed by atoms with van der Waals surface area (Å²) < 4.78 is 0. The van der Waals surface area contributed by atoms with E-state index in [0.717, 1.165) is 12.0 Å². The van der Waals surface area contributed by atoms with Crippen molar-refractivity contribution in [3.8, 4) is 5.75 Å². The SMILES string of the molecule is CCC(NCc1c(O)cccc1Cl)C(C)C. The maximum atomic E-state index is 9.69. The van der Waals surface area contributed by atoms with Gasteiger partial charge < -0.3 is 10.4 Å². The van der Waals surface area contributed by atoms with Gasteiger partial charge in [-0.3, -0.25) is 0 Å². The van der Waals surface area contributed by atoms with Gasteiger partial charge in [-0.15, -0.1) is 0 Å². The number of hydrogen-bond acceptors (Lipinski definition) is 2. The maximum Gasteiger partial charge on any atom is 0.121 e. The van der Waals surface area contributed by atoms with Crippen LogP contribution in [0.3, 0.4) is 0 Å². The first-order chi connectivity index (χ1) is 7.56. The fourth-order valence-corrected chi connectivity index (χ4v) is 2.04. The van der Waals surface area contributed by atoms with Crippen molar-refractivity contribution in [1.29, 1.82) is 0 Å². The van der Waals surface area contributed by atoms with Crippen LogP contribution in [0.25, 0.3) is 0 Å². The molecule has 0 saturated heterocycles. The first kappa shape index (κ1) is 13.3. The number of phenols is 1. The molecule has 1 atom stereocenters.